The molecule has 31 heavy (non-hydrogen) atoms. The van der Waals surface area contributed by atoms with Crippen molar-refractivity contribution in [2.75, 3.05) is 19.0 Å². The van der Waals surface area contributed by atoms with E-state index in [2.05, 4.69) is 15.6 Å². The van der Waals surface area contributed by atoms with Gasteiger partial charge in [0.2, 0.25) is 5.91 Å². The third-order valence-electron chi connectivity index (χ3n) is 6.11. The first-order valence-corrected chi connectivity index (χ1v) is 10.5. The molecule has 1 atom stereocenters. The van der Waals surface area contributed by atoms with E-state index in [1.165, 1.54) is 16.7 Å². The second-order valence-corrected chi connectivity index (χ2v) is 8.19. The number of nitrogens with one attached hydrogen (secondary N) is 2. The topological polar surface area (TPSA) is 100 Å². The number of phenols is 1. The van der Waals surface area contributed by atoms with Crippen LogP contribution in [0.2, 0.25) is 0 Å². The number of aliphatic imine (C=N–C) groups is 1. The van der Waals surface area contributed by atoms with Crippen molar-refractivity contribution in [3.8, 4) is 5.75 Å². The van der Waals surface area contributed by atoms with Gasteiger partial charge >= 0.3 is 0 Å². The maximum atomic E-state index is 12.3. The van der Waals surface area contributed by atoms with Crippen LogP contribution in [0.3, 0.4) is 0 Å². The number of amides is 2. The van der Waals surface area contributed by atoms with E-state index in [1.54, 1.807) is 13.2 Å². The number of nitrogens with zero attached hydrogens (tertiary/aromatic N) is 1. The summed E-state index contributed by atoms with van der Waals surface area (Å²) in [5.41, 5.74) is 7.29. The molecule has 7 heteroatoms. The molecule has 4 rings (SSSR count). The second-order valence-electron chi connectivity index (χ2n) is 8.19. The molecule has 1 aliphatic heterocycles. The van der Waals surface area contributed by atoms with Crippen LogP contribution in [0.25, 0.3) is 0 Å². The molecular formula is C24H27N3O4. The van der Waals surface area contributed by atoms with E-state index in [0.717, 1.165) is 42.4 Å². The molecule has 2 aromatic carbocycles. The molecule has 0 saturated carbocycles. The van der Waals surface area contributed by atoms with Crippen LogP contribution in [0.1, 0.15) is 52.3 Å². The standard InChI is InChI=1S/C24H27N3O4/c1-13-9-16(26-24(30)23-25-12-21(29)27-23)10-14(2)18(13)11-15-7-8-19(28)22-17(15)5-4-6-20(22)31-3/h7-10,20,28H,4-6,11-12H2,1-3H3,(H,26,30)(H,25,27,29). The molecule has 0 fully saturated rings. The molecule has 0 radical (unpaired) electrons. The van der Waals surface area contributed by atoms with Crippen molar-refractivity contribution in [2.45, 2.75) is 45.6 Å². The summed E-state index contributed by atoms with van der Waals surface area (Å²) >= 11 is 0. The average molecular weight is 421 g/mol. The van der Waals surface area contributed by atoms with Gasteiger partial charge in [0.15, 0.2) is 5.84 Å². The Bertz CT molecular complexity index is 1070. The molecule has 2 aliphatic rings. The molecule has 7 nitrogen and oxygen atoms in total. The van der Waals surface area contributed by atoms with Crippen molar-refractivity contribution in [3.63, 3.8) is 0 Å². The van der Waals surface area contributed by atoms with Gasteiger partial charge in [0.05, 0.1) is 6.10 Å². The molecule has 0 aromatic heterocycles. The largest absolute Gasteiger partial charge is 0.508 e. The van der Waals surface area contributed by atoms with E-state index in [4.69, 9.17) is 4.74 Å². The molecule has 0 spiro atoms. The van der Waals surface area contributed by atoms with Crippen LogP contribution >= 0.6 is 0 Å². The maximum Gasteiger partial charge on any atom is 0.291 e. The van der Waals surface area contributed by atoms with E-state index in [-0.39, 0.29) is 24.4 Å². The van der Waals surface area contributed by atoms with Crippen molar-refractivity contribution in [1.29, 1.82) is 0 Å². The van der Waals surface area contributed by atoms with Crippen LogP contribution in [-0.4, -0.2) is 36.4 Å². The Labute approximate surface area is 181 Å². The fourth-order valence-corrected chi connectivity index (χ4v) is 4.58. The Morgan fingerprint density at radius 3 is 2.68 bits per heavy atom. The monoisotopic (exact) mass is 421 g/mol. The van der Waals surface area contributed by atoms with E-state index in [0.29, 0.717) is 11.4 Å². The average Bonchev–Trinajstić information content (AvgIpc) is 3.18. The van der Waals surface area contributed by atoms with Gasteiger partial charge in [0.25, 0.3) is 5.91 Å². The summed E-state index contributed by atoms with van der Waals surface area (Å²) in [4.78, 5) is 27.5. The van der Waals surface area contributed by atoms with Crippen LogP contribution in [0.15, 0.2) is 29.3 Å². The van der Waals surface area contributed by atoms with Crippen LogP contribution in [0, 0.1) is 13.8 Å². The number of methoxy groups -OCH3 is 1. The van der Waals surface area contributed by atoms with Crippen molar-refractivity contribution in [2.24, 2.45) is 4.99 Å². The molecule has 0 saturated heterocycles. The van der Waals surface area contributed by atoms with Crippen molar-refractivity contribution in [1.82, 2.24) is 5.32 Å². The molecule has 1 heterocycles. The molecule has 1 unspecified atom stereocenters. The van der Waals surface area contributed by atoms with Gasteiger partial charge in [0, 0.05) is 18.4 Å². The van der Waals surface area contributed by atoms with Gasteiger partial charge in [-0.1, -0.05) is 6.07 Å². The molecule has 0 bridgehead atoms. The number of carbonyl (C=O) groups excluding carboxylic acids is 2. The number of anilines is 1. The third-order valence-corrected chi connectivity index (χ3v) is 6.11. The molecule has 1 aliphatic carbocycles. The Hall–Kier alpha value is -3.19. The molecular weight excluding hydrogens is 394 g/mol. The van der Waals surface area contributed by atoms with E-state index in [9.17, 15) is 14.7 Å². The summed E-state index contributed by atoms with van der Waals surface area (Å²) < 4.78 is 5.62. The smallest absolute Gasteiger partial charge is 0.291 e. The van der Waals surface area contributed by atoms with Gasteiger partial charge in [0.1, 0.15) is 12.3 Å². The molecule has 2 amide bonds. The quantitative estimate of drug-likeness (QED) is 0.691. The van der Waals surface area contributed by atoms with E-state index >= 15 is 0 Å². The first kappa shape index (κ1) is 21.1. The van der Waals surface area contributed by atoms with Crippen molar-refractivity contribution in [3.05, 3.63) is 57.6 Å². The second kappa shape index (κ2) is 8.51. The summed E-state index contributed by atoms with van der Waals surface area (Å²) in [5.74, 6) is -0.345. The van der Waals surface area contributed by atoms with Crippen molar-refractivity contribution < 1.29 is 19.4 Å². The van der Waals surface area contributed by atoms with Crippen LogP contribution in [-0.2, 0) is 27.2 Å². The predicted octanol–water partition coefficient (Wildman–Crippen LogP) is 3.09. The van der Waals surface area contributed by atoms with Gasteiger partial charge in [-0.15, -0.1) is 0 Å². The SMILES string of the molecule is COC1CCCc2c(Cc3c(C)cc(NC(=O)C4=NCC(=O)N4)cc3C)ccc(O)c21. The highest BCUT2D eigenvalue weighted by molar-refractivity contribution is 6.45. The maximum absolute atomic E-state index is 12.3. The number of phenolic OH excluding ortho intramolecular Hbond substituents is 1. The van der Waals surface area contributed by atoms with Gasteiger partial charge in [-0.3, -0.25) is 14.6 Å². The third kappa shape index (κ3) is 4.18. The van der Waals surface area contributed by atoms with Crippen LogP contribution < -0.4 is 10.6 Å². The van der Waals surface area contributed by atoms with Gasteiger partial charge in [-0.2, -0.15) is 0 Å². The van der Waals surface area contributed by atoms with E-state index in [1.807, 2.05) is 32.0 Å². The zero-order chi connectivity index (χ0) is 22.1. The zero-order valence-corrected chi connectivity index (χ0v) is 18.0. The highest BCUT2D eigenvalue weighted by Gasteiger charge is 2.26. The van der Waals surface area contributed by atoms with Crippen LogP contribution in [0.5, 0.6) is 5.75 Å². The highest BCUT2D eigenvalue weighted by Crippen LogP contribution is 2.40. The number of amidine groups is 1. The number of benzene rings is 2. The van der Waals surface area contributed by atoms with Gasteiger partial charge in [-0.05, 0) is 85.5 Å². The lowest BCUT2D eigenvalue weighted by Gasteiger charge is -2.27. The summed E-state index contributed by atoms with van der Waals surface area (Å²) in [6, 6.07) is 7.63. The number of carbonyl (C=O) groups is 2. The number of fused-ring (bicyclic) bond motifs is 1. The van der Waals surface area contributed by atoms with Gasteiger partial charge in [-0.25, -0.2) is 0 Å². The lowest BCUT2D eigenvalue weighted by atomic mass is 9.83. The lowest BCUT2D eigenvalue weighted by Crippen LogP contribution is -2.35. The minimum Gasteiger partial charge on any atom is -0.508 e. The van der Waals surface area contributed by atoms with Crippen LogP contribution in [0.4, 0.5) is 5.69 Å². The fourth-order valence-electron chi connectivity index (χ4n) is 4.58. The minimum absolute atomic E-state index is 0.0133. The Kier molecular flexibility index (Phi) is 5.78. The Morgan fingerprint density at radius 1 is 1.29 bits per heavy atom. The number of hydrogen-bond donors (Lipinski definition) is 3. The number of rotatable bonds is 5. The normalized spacial score (nSPS) is 17.7. The molecule has 2 aromatic rings. The minimum atomic E-state index is -0.421. The van der Waals surface area contributed by atoms with E-state index < -0.39 is 5.91 Å². The van der Waals surface area contributed by atoms with Gasteiger partial charge < -0.3 is 20.5 Å². The summed E-state index contributed by atoms with van der Waals surface area (Å²) in [6.07, 6.45) is 3.55. The zero-order valence-electron chi connectivity index (χ0n) is 18.0. The molecule has 3 N–H and O–H groups in total. The first-order valence-electron chi connectivity index (χ1n) is 10.5. The number of aryl methyl sites for hydroxylation is 2. The lowest BCUT2D eigenvalue weighted by molar-refractivity contribution is -0.118. The van der Waals surface area contributed by atoms with Crippen molar-refractivity contribution >= 4 is 23.3 Å². The number of aromatic hydroxyl groups is 1. The Morgan fingerprint density at radius 2 is 2.03 bits per heavy atom. The Balaban J connectivity index is 1.59. The number of hydrogen-bond acceptors (Lipinski definition) is 5. The summed E-state index contributed by atoms with van der Waals surface area (Å²) in [7, 11) is 1.69. The summed E-state index contributed by atoms with van der Waals surface area (Å²) in [5, 5.41) is 15.7. The first-order chi connectivity index (χ1) is 14.9. The fraction of sp³-hybridized carbons (Fsp3) is 0.375. The highest BCUT2D eigenvalue weighted by atomic mass is 16.5. The number of ether oxygens (including phenoxy) is 1. The molecule has 162 valence electrons. The predicted molar refractivity (Wildman–Crippen MR) is 119 cm³/mol. The summed E-state index contributed by atoms with van der Waals surface area (Å²) in [6.45, 7) is 4.04.